The number of allylic oxidation sites excluding steroid dienone is 1. The Morgan fingerprint density at radius 1 is 1.32 bits per heavy atom. The van der Waals surface area contributed by atoms with Crippen molar-refractivity contribution >= 4 is 11.4 Å². The molecule has 2 rings (SSSR count). The van der Waals surface area contributed by atoms with Crippen LogP contribution in [0, 0.1) is 0 Å². The number of pyridine rings is 1. The molecule has 25 heavy (non-hydrogen) atoms. The molecular formula is C20H28N4O. The third-order valence-corrected chi connectivity index (χ3v) is 4.15. The molecule has 5 heteroatoms. The first-order chi connectivity index (χ1) is 12.1. The number of aliphatic hydroxyl groups is 1. The average Bonchev–Trinajstić information content (AvgIpc) is 2.64. The zero-order valence-electron chi connectivity index (χ0n) is 15.2. The molecule has 2 aromatic heterocycles. The second-order valence-corrected chi connectivity index (χ2v) is 6.36. The van der Waals surface area contributed by atoms with Crippen molar-refractivity contribution in [3.63, 3.8) is 0 Å². The lowest BCUT2D eigenvalue weighted by Gasteiger charge is -2.18. The Bertz CT molecular complexity index is 687. The van der Waals surface area contributed by atoms with Crippen molar-refractivity contribution in [3.8, 4) is 0 Å². The molecule has 1 unspecified atom stereocenters. The molecule has 2 aromatic rings. The molecule has 0 aromatic carbocycles. The third kappa shape index (κ3) is 5.94. The number of unbranched alkanes of at least 4 members (excludes halogenated alkanes) is 1. The van der Waals surface area contributed by atoms with E-state index in [1.165, 1.54) is 0 Å². The van der Waals surface area contributed by atoms with E-state index in [2.05, 4.69) is 33.8 Å². The molecule has 0 aliphatic heterocycles. The monoisotopic (exact) mass is 340 g/mol. The Kier molecular flexibility index (Phi) is 7.54. The molecule has 5 nitrogen and oxygen atoms in total. The molecule has 134 valence electrons. The van der Waals surface area contributed by atoms with Crippen LogP contribution in [0.4, 0.5) is 5.82 Å². The van der Waals surface area contributed by atoms with Gasteiger partial charge < -0.3 is 10.4 Å². The van der Waals surface area contributed by atoms with Gasteiger partial charge in [0.1, 0.15) is 12.1 Å². The Morgan fingerprint density at radius 3 is 2.88 bits per heavy atom. The van der Waals surface area contributed by atoms with Crippen LogP contribution in [0.15, 0.2) is 37.3 Å². The Morgan fingerprint density at radius 2 is 2.16 bits per heavy atom. The van der Waals surface area contributed by atoms with E-state index in [1.807, 2.05) is 31.3 Å². The number of anilines is 1. The van der Waals surface area contributed by atoms with Gasteiger partial charge in [0.15, 0.2) is 0 Å². The summed E-state index contributed by atoms with van der Waals surface area (Å²) >= 11 is 0. The van der Waals surface area contributed by atoms with Gasteiger partial charge in [-0.1, -0.05) is 32.4 Å². The van der Waals surface area contributed by atoms with Crippen LogP contribution in [0.2, 0.25) is 0 Å². The fourth-order valence-electron chi connectivity index (χ4n) is 2.64. The smallest absolute Gasteiger partial charge is 0.132 e. The van der Waals surface area contributed by atoms with Crippen molar-refractivity contribution in [2.24, 2.45) is 0 Å². The van der Waals surface area contributed by atoms with Crippen LogP contribution in [0.5, 0.6) is 0 Å². The quantitative estimate of drug-likeness (QED) is 0.691. The van der Waals surface area contributed by atoms with Gasteiger partial charge in [-0.15, -0.1) is 0 Å². The molecule has 0 aliphatic carbocycles. The van der Waals surface area contributed by atoms with E-state index >= 15 is 0 Å². The Labute approximate surface area is 150 Å². The highest BCUT2D eigenvalue weighted by Crippen LogP contribution is 2.17. The molecule has 0 aliphatic rings. The minimum atomic E-state index is 0.0264. The third-order valence-electron chi connectivity index (χ3n) is 4.15. The summed E-state index contributed by atoms with van der Waals surface area (Å²) in [7, 11) is 0. The van der Waals surface area contributed by atoms with E-state index in [1.54, 1.807) is 6.33 Å². The van der Waals surface area contributed by atoms with E-state index < -0.39 is 0 Å². The molecule has 0 bridgehead atoms. The molecule has 0 spiro atoms. The fraction of sp³-hybridized carbons (Fsp3) is 0.450. The van der Waals surface area contributed by atoms with Gasteiger partial charge in [0.2, 0.25) is 0 Å². The van der Waals surface area contributed by atoms with Crippen molar-refractivity contribution in [3.05, 3.63) is 54.3 Å². The molecule has 0 saturated carbocycles. The highest BCUT2D eigenvalue weighted by Gasteiger charge is 2.11. The van der Waals surface area contributed by atoms with Crippen molar-refractivity contribution < 1.29 is 5.11 Å². The van der Waals surface area contributed by atoms with Crippen LogP contribution in [0.25, 0.3) is 5.57 Å². The molecule has 0 amide bonds. The predicted octanol–water partition coefficient (Wildman–Crippen LogP) is 3.65. The maximum atomic E-state index is 9.57. The summed E-state index contributed by atoms with van der Waals surface area (Å²) in [4.78, 5) is 13.1. The molecule has 2 heterocycles. The lowest BCUT2D eigenvalue weighted by Crippen LogP contribution is -2.25. The lowest BCUT2D eigenvalue weighted by atomic mass is 10.1. The molecular weight excluding hydrogens is 312 g/mol. The normalized spacial score (nSPS) is 12.0. The van der Waals surface area contributed by atoms with Crippen molar-refractivity contribution in [1.29, 1.82) is 0 Å². The summed E-state index contributed by atoms with van der Waals surface area (Å²) in [5.41, 5.74) is 3.97. The first kappa shape index (κ1) is 19.1. The number of aliphatic hydroxyl groups excluding tert-OH is 1. The second kappa shape index (κ2) is 9.89. The van der Waals surface area contributed by atoms with Gasteiger partial charge in [-0.3, -0.25) is 4.98 Å². The first-order valence-electron chi connectivity index (χ1n) is 8.92. The van der Waals surface area contributed by atoms with Gasteiger partial charge in [-0.05, 0) is 43.9 Å². The number of nitrogens with zero attached hydrogens (tertiary/aromatic N) is 3. The van der Waals surface area contributed by atoms with Gasteiger partial charge >= 0.3 is 0 Å². The summed E-state index contributed by atoms with van der Waals surface area (Å²) in [6.45, 7) is 8.16. The summed E-state index contributed by atoms with van der Waals surface area (Å²) in [6, 6.07) is 6.04. The van der Waals surface area contributed by atoms with E-state index in [9.17, 15) is 5.11 Å². The first-order valence-corrected chi connectivity index (χ1v) is 8.92. The van der Waals surface area contributed by atoms with E-state index in [-0.39, 0.29) is 12.6 Å². The van der Waals surface area contributed by atoms with E-state index in [0.29, 0.717) is 0 Å². The molecule has 0 fully saturated rings. The zero-order valence-corrected chi connectivity index (χ0v) is 15.2. The van der Waals surface area contributed by atoms with E-state index in [0.717, 1.165) is 60.4 Å². The van der Waals surface area contributed by atoms with Gasteiger partial charge in [0.05, 0.1) is 18.3 Å². The van der Waals surface area contributed by atoms with Crippen LogP contribution in [-0.4, -0.2) is 32.7 Å². The maximum absolute atomic E-state index is 9.57. The fourth-order valence-corrected chi connectivity index (χ4v) is 2.64. The van der Waals surface area contributed by atoms with Crippen molar-refractivity contribution in [1.82, 2.24) is 15.0 Å². The highest BCUT2D eigenvalue weighted by atomic mass is 16.3. The number of nitrogens with one attached hydrogen (secondary N) is 1. The minimum Gasteiger partial charge on any atom is -0.394 e. The highest BCUT2D eigenvalue weighted by molar-refractivity contribution is 5.57. The summed E-state index contributed by atoms with van der Waals surface area (Å²) in [6.07, 6.45) is 8.10. The Balaban J connectivity index is 2.05. The van der Waals surface area contributed by atoms with Crippen molar-refractivity contribution in [2.45, 2.75) is 52.0 Å². The Hall–Kier alpha value is -2.27. The van der Waals surface area contributed by atoms with Gasteiger partial charge in [0.25, 0.3) is 0 Å². The molecule has 2 N–H and O–H groups in total. The number of hydrogen-bond acceptors (Lipinski definition) is 5. The topological polar surface area (TPSA) is 70.9 Å². The second-order valence-electron chi connectivity index (χ2n) is 6.36. The van der Waals surface area contributed by atoms with Crippen molar-refractivity contribution in [2.75, 3.05) is 11.9 Å². The van der Waals surface area contributed by atoms with Crippen LogP contribution < -0.4 is 5.32 Å². The summed E-state index contributed by atoms with van der Waals surface area (Å²) in [5.74, 6) is 0.807. The van der Waals surface area contributed by atoms with Crippen LogP contribution in [0.1, 0.15) is 50.1 Å². The molecule has 1 atom stereocenters. The van der Waals surface area contributed by atoms with Crippen LogP contribution in [-0.2, 0) is 12.8 Å². The van der Waals surface area contributed by atoms with Gasteiger partial charge in [-0.2, -0.15) is 0 Å². The maximum Gasteiger partial charge on any atom is 0.132 e. The minimum absolute atomic E-state index is 0.0264. The summed E-state index contributed by atoms with van der Waals surface area (Å²) in [5, 5.41) is 12.9. The number of hydrogen-bond donors (Lipinski definition) is 2. The van der Waals surface area contributed by atoms with Crippen LogP contribution >= 0.6 is 0 Å². The van der Waals surface area contributed by atoms with E-state index in [4.69, 9.17) is 0 Å². The van der Waals surface area contributed by atoms with Gasteiger partial charge in [0, 0.05) is 17.5 Å². The largest absolute Gasteiger partial charge is 0.394 e. The van der Waals surface area contributed by atoms with Gasteiger partial charge in [-0.25, -0.2) is 9.97 Å². The predicted molar refractivity (Wildman–Crippen MR) is 102 cm³/mol. The number of aryl methyl sites for hydroxylation is 2. The average molecular weight is 340 g/mol. The number of aromatic nitrogens is 3. The zero-order chi connectivity index (χ0) is 18.1. The SMILES string of the molecule is C=C(C)c1cccc(CCc2cncnc2NC(CO)CCCC)n1. The summed E-state index contributed by atoms with van der Waals surface area (Å²) < 4.78 is 0. The standard InChI is InChI=1S/C20H28N4O/c1-4-5-7-18(13-25)24-20-16(12-21-14-22-20)10-11-17-8-6-9-19(23-17)15(2)3/h6,8-9,12,14,18,25H,2,4-5,7,10-11,13H2,1,3H3,(H,21,22,24). The number of rotatable bonds is 10. The lowest BCUT2D eigenvalue weighted by molar-refractivity contribution is 0.267. The molecule has 0 radical (unpaired) electrons. The molecule has 0 saturated heterocycles. The van der Waals surface area contributed by atoms with Crippen LogP contribution in [0.3, 0.4) is 0 Å².